The standard InChI is InChI=1S/C10H9F3N2O4/c11-10(12,13)9(8(17)18)2-3-15(5-9)7(16)6-1-4-19-14-6/h1,4H,2-3,5H2,(H,17,18). The normalized spacial score (nSPS) is 23.6. The first kappa shape index (κ1) is 13.4. The summed E-state index contributed by atoms with van der Waals surface area (Å²) in [7, 11) is 0. The molecule has 104 valence electrons. The van der Waals surface area contributed by atoms with Gasteiger partial charge in [0.05, 0.1) is 0 Å². The zero-order valence-electron chi connectivity index (χ0n) is 9.48. The van der Waals surface area contributed by atoms with Crippen LogP contribution in [0, 0.1) is 5.41 Å². The van der Waals surface area contributed by atoms with Crippen LogP contribution in [0.25, 0.3) is 0 Å². The summed E-state index contributed by atoms with van der Waals surface area (Å²) in [5.41, 5.74) is -3.06. The first-order valence-corrected chi connectivity index (χ1v) is 5.28. The summed E-state index contributed by atoms with van der Waals surface area (Å²) in [5.74, 6) is -2.75. The van der Waals surface area contributed by atoms with Crippen LogP contribution in [0.1, 0.15) is 16.9 Å². The van der Waals surface area contributed by atoms with Crippen molar-refractivity contribution >= 4 is 11.9 Å². The second kappa shape index (κ2) is 4.25. The monoisotopic (exact) mass is 278 g/mol. The second-order valence-corrected chi connectivity index (χ2v) is 4.25. The van der Waals surface area contributed by atoms with Crippen molar-refractivity contribution in [3.63, 3.8) is 0 Å². The van der Waals surface area contributed by atoms with Gasteiger partial charge in [-0.05, 0) is 6.42 Å². The molecule has 1 aromatic heterocycles. The molecule has 2 heterocycles. The minimum atomic E-state index is -4.92. The Morgan fingerprint density at radius 1 is 1.47 bits per heavy atom. The van der Waals surface area contributed by atoms with Crippen LogP contribution >= 0.6 is 0 Å². The third-order valence-corrected chi connectivity index (χ3v) is 3.17. The highest BCUT2D eigenvalue weighted by Gasteiger charge is 2.64. The maximum atomic E-state index is 12.9. The van der Waals surface area contributed by atoms with E-state index in [4.69, 9.17) is 5.11 Å². The van der Waals surface area contributed by atoms with E-state index in [1.165, 1.54) is 6.07 Å². The summed E-state index contributed by atoms with van der Waals surface area (Å²) < 4.78 is 43.1. The molecule has 0 radical (unpaired) electrons. The lowest BCUT2D eigenvalue weighted by Gasteiger charge is -2.26. The highest BCUT2D eigenvalue weighted by Crippen LogP contribution is 2.45. The molecule has 1 saturated heterocycles. The van der Waals surface area contributed by atoms with Crippen LogP contribution in [-0.2, 0) is 4.79 Å². The predicted octanol–water partition coefficient (Wildman–Crippen LogP) is 1.15. The lowest BCUT2D eigenvalue weighted by molar-refractivity contribution is -0.227. The Balaban J connectivity index is 2.23. The quantitative estimate of drug-likeness (QED) is 0.877. The van der Waals surface area contributed by atoms with Gasteiger partial charge in [0.2, 0.25) is 0 Å². The lowest BCUT2D eigenvalue weighted by Crippen LogP contribution is -2.47. The van der Waals surface area contributed by atoms with E-state index in [-0.39, 0.29) is 12.2 Å². The van der Waals surface area contributed by atoms with Crippen LogP contribution < -0.4 is 0 Å². The van der Waals surface area contributed by atoms with Crippen LogP contribution in [0.2, 0.25) is 0 Å². The largest absolute Gasteiger partial charge is 0.481 e. The number of likely N-dealkylation sites (tertiary alicyclic amines) is 1. The first-order valence-electron chi connectivity index (χ1n) is 5.28. The number of alkyl halides is 3. The molecule has 0 bridgehead atoms. The maximum absolute atomic E-state index is 12.9. The average Bonchev–Trinajstić information content (AvgIpc) is 2.97. The summed E-state index contributed by atoms with van der Waals surface area (Å²) in [6.45, 7) is -1.21. The molecule has 0 spiro atoms. The van der Waals surface area contributed by atoms with Crippen molar-refractivity contribution in [3.05, 3.63) is 18.0 Å². The molecule has 19 heavy (non-hydrogen) atoms. The molecule has 1 aliphatic heterocycles. The van der Waals surface area contributed by atoms with Gasteiger partial charge in [-0.15, -0.1) is 0 Å². The van der Waals surface area contributed by atoms with Gasteiger partial charge in [-0.1, -0.05) is 5.16 Å². The average molecular weight is 278 g/mol. The van der Waals surface area contributed by atoms with Crippen LogP contribution in [0.5, 0.6) is 0 Å². The number of aliphatic carboxylic acids is 1. The third kappa shape index (κ3) is 2.04. The number of carbonyl (C=O) groups is 2. The Morgan fingerprint density at radius 3 is 2.58 bits per heavy atom. The van der Waals surface area contributed by atoms with Gasteiger partial charge in [-0.3, -0.25) is 9.59 Å². The molecule has 1 fully saturated rings. The third-order valence-electron chi connectivity index (χ3n) is 3.17. The number of aromatic nitrogens is 1. The van der Waals surface area contributed by atoms with Crippen LogP contribution in [0.3, 0.4) is 0 Å². The van der Waals surface area contributed by atoms with Crippen molar-refractivity contribution in [1.82, 2.24) is 10.1 Å². The Kier molecular flexibility index (Phi) is 2.99. The number of rotatable bonds is 2. The smallest absolute Gasteiger partial charge is 0.406 e. The summed E-state index contributed by atoms with van der Waals surface area (Å²) >= 11 is 0. The van der Waals surface area contributed by atoms with Crippen molar-refractivity contribution in [2.24, 2.45) is 5.41 Å². The molecule has 6 nitrogen and oxygen atoms in total. The van der Waals surface area contributed by atoms with Crippen LogP contribution in [0.4, 0.5) is 13.2 Å². The molecule has 1 atom stereocenters. The van der Waals surface area contributed by atoms with E-state index in [2.05, 4.69) is 9.68 Å². The summed E-state index contributed by atoms with van der Waals surface area (Å²) in [6, 6.07) is 1.21. The molecule has 1 aromatic rings. The number of nitrogens with zero attached hydrogens (tertiary/aromatic N) is 2. The van der Waals surface area contributed by atoms with Gasteiger partial charge in [0, 0.05) is 19.2 Å². The Morgan fingerprint density at radius 2 is 2.16 bits per heavy atom. The van der Waals surface area contributed by atoms with Crippen molar-refractivity contribution in [1.29, 1.82) is 0 Å². The summed E-state index contributed by atoms with van der Waals surface area (Å²) in [6.07, 6.45) is -4.48. The molecule has 1 aliphatic rings. The van der Waals surface area contributed by atoms with Crippen molar-refractivity contribution in [2.75, 3.05) is 13.1 Å². The first-order chi connectivity index (χ1) is 8.78. The zero-order chi connectivity index (χ0) is 14.3. The number of carboxylic acids is 1. The molecule has 1 unspecified atom stereocenters. The number of hydrogen-bond acceptors (Lipinski definition) is 4. The SMILES string of the molecule is O=C(c1ccon1)N1CCC(C(=O)O)(C(F)(F)F)C1. The fourth-order valence-electron chi connectivity index (χ4n) is 2.00. The minimum absolute atomic E-state index is 0.150. The summed E-state index contributed by atoms with van der Waals surface area (Å²) in [5, 5.41) is 12.2. The van der Waals surface area contributed by atoms with E-state index in [9.17, 15) is 22.8 Å². The number of halogens is 3. The van der Waals surface area contributed by atoms with Crippen LogP contribution in [0.15, 0.2) is 16.9 Å². The van der Waals surface area contributed by atoms with Gasteiger partial charge in [0.1, 0.15) is 6.26 Å². The van der Waals surface area contributed by atoms with Crippen LogP contribution in [-0.4, -0.2) is 46.3 Å². The number of amides is 1. The fourth-order valence-corrected chi connectivity index (χ4v) is 2.00. The fraction of sp³-hybridized carbons (Fsp3) is 0.500. The number of carboxylic acid groups (broad SMARTS) is 1. The van der Waals surface area contributed by atoms with Gasteiger partial charge in [0.15, 0.2) is 11.1 Å². The Bertz CT molecular complexity index is 499. The van der Waals surface area contributed by atoms with E-state index < -0.39 is 36.4 Å². The Labute approximate surface area is 104 Å². The predicted molar refractivity (Wildman–Crippen MR) is 53.1 cm³/mol. The topological polar surface area (TPSA) is 83.6 Å². The molecule has 1 N–H and O–H groups in total. The molecule has 0 aliphatic carbocycles. The van der Waals surface area contributed by atoms with Crippen molar-refractivity contribution in [2.45, 2.75) is 12.6 Å². The van der Waals surface area contributed by atoms with Gasteiger partial charge >= 0.3 is 12.1 Å². The van der Waals surface area contributed by atoms with E-state index in [0.717, 1.165) is 11.2 Å². The highest BCUT2D eigenvalue weighted by molar-refractivity contribution is 5.93. The van der Waals surface area contributed by atoms with Gasteiger partial charge in [-0.25, -0.2) is 0 Å². The highest BCUT2D eigenvalue weighted by atomic mass is 19.4. The Hall–Kier alpha value is -2.06. The second-order valence-electron chi connectivity index (χ2n) is 4.25. The number of carbonyl (C=O) groups excluding carboxylic acids is 1. The zero-order valence-corrected chi connectivity index (χ0v) is 9.48. The molecule has 9 heteroatoms. The van der Waals surface area contributed by atoms with Gasteiger partial charge in [-0.2, -0.15) is 13.2 Å². The van der Waals surface area contributed by atoms with Gasteiger partial charge in [0.25, 0.3) is 5.91 Å². The van der Waals surface area contributed by atoms with Crippen molar-refractivity contribution in [3.8, 4) is 0 Å². The molecule has 2 rings (SSSR count). The molecule has 0 saturated carbocycles. The molecule has 0 aromatic carbocycles. The lowest BCUT2D eigenvalue weighted by atomic mass is 9.86. The maximum Gasteiger partial charge on any atom is 0.406 e. The van der Waals surface area contributed by atoms with E-state index in [0.29, 0.717) is 0 Å². The summed E-state index contributed by atoms with van der Waals surface area (Å²) in [4.78, 5) is 23.5. The van der Waals surface area contributed by atoms with Gasteiger partial charge < -0.3 is 14.5 Å². The molecular weight excluding hydrogens is 269 g/mol. The minimum Gasteiger partial charge on any atom is -0.481 e. The van der Waals surface area contributed by atoms with E-state index >= 15 is 0 Å². The molecular formula is C10H9F3N2O4. The number of hydrogen-bond donors (Lipinski definition) is 1. The molecule has 1 amide bonds. The van der Waals surface area contributed by atoms with E-state index in [1.54, 1.807) is 0 Å². The van der Waals surface area contributed by atoms with Crippen molar-refractivity contribution < 1.29 is 32.4 Å². The van der Waals surface area contributed by atoms with E-state index in [1.807, 2.05) is 0 Å².